The molecule has 2 amide bonds. The van der Waals surface area contributed by atoms with Crippen LogP contribution in [0.3, 0.4) is 0 Å². The maximum absolute atomic E-state index is 13.0. The largest absolute Gasteiger partial charge is 0.497 e. The second-order valence-corrected chi connectivity index (χ2v) is 10.3. The minimum atomic E-state index is -3.69. The molecule has 0 unspecified atom stereocenters. The first-order valence-corrected chi connectivity index (χ1v) is 12.6. The number of ether oxygens (including phenoxy) is 1. The van der Waals surface area contributed by atoms with Gasteiger partial charge >= 0.3 is 0 Å². The Hall–Kier alpha value is -2.13. The van der Waals surface area contributed by atoms with Crippen molar-refractivity contribution in [3.8, 4) is 5.75 Å². The van der Waals surface area contributed by atoms with Crippen molar-refractivity contribution in [1.29, 1.82) is 0 Å². The van der Waals surface area contributed by atoms with E-state index in [2.05, 4.69) is 10.6 Å². The van der Waals surface area contributed by atoms with Crippen LogP contribution in [0.5, 0.6) is 5.75 Å². The van der Waals surface area contributed by atoms with Crippen molar-refractivity contribution in [3.63, 3.8) is 0 Å². The highest BCUT2D eigenvalue weighted by molar-refractivity contribution is 7.89. The van der Waals surface area contributed by atoms with Gasteiger partial charge in [-0.2, -0.15) is 4.31 Å². The van der Waals surface area contributed by atoms with Gasteiger partial charge in [0.15, 0.2) is 0 Å². The maximum Gasteiger partial charge on any atom is 0.243 e. The van der Waals surface area contributed by atoms with Crippen molar-refractivity contribution in [2.45, 2.75) is 62.3 Å². The highest BCUT2D eigenvalue weighted by atomic mass is 32.2. The predicted molar refractivity (Wildman–Crippen MR) is 117 cm³/mol. The molecule has 1 saturated carbocycles. The Labute approximate surface area is 184 Å². The van der Waals surface area contributed by atoms with E-state index in [4.69, 9.17) is 4.74 Å². The van der Waals surface area contributed by atoms with Crippen LogP contribution in [0, 0.1) is 5.92 Å². The van der Waals surface area contributed by atoms with Gasteiger partial charge < -0.3 is 15.4 Å². The molecule has 0 spiro atoms. The number of rotatable bonds is 7. The Morgan fingerprint density at radius 2 is 1.71 bits per heavy atom. The number of carbonyl (C=O) groups is 2. The fourth-order valence-corrected chi connectivity index (χ4v) is 5.81. The quantitative estimate of drug-likeness (QED) is 0.618. The summed E-state index contributed by atoms with van der Waals surface area (Å²) in [5.74, 6) is -0.339. The second kappa shape index (κ2) is 10.9. The van der Waals surface area contributed by atoms with Crippen LogP contribution in [0.1, 0.15) is 51.4 Å². The zero-order chi connectivity index (χ0) is 22.3. The molecule has 2 N–H and O–H groups in total. The molecule has 2 aliphatic rings. The van der Waals surface area contributed by atoms with E-state index in [1.54, 1.807) is 12.1 Å². The molecule has 1 saturated heterocycles. The van der Waals surface area contributed by atoms with Crippen LogP contribution in [-0.4, -0.2) is 57.3 Å². The van der Waals surface area contributed by atoms with E-state index in [-0.39, 0.29) is 35.8 Å². The van der Waals surface area contributed by atoms with Crippen molar-refractivity contribution >= 4 is 21.8 Å². The van der Waals surface area contributed by atoms with Crippen LogP contribution in [0.2, 0.25) is 0 Å². The molecule has 3 rings (SSSR count). The second-order valence-electron chi connectivity index (χ2n) is 8.35. The van der Waals surface area contributed by atoms with Gasteiger partial charge in [0.2, 0.25) is 21.8 Å². The zero-order valence-electron chi connectivity index (χ0n) is 18.1. The number of amides is 2. The number of benzene rings is 1. The molecular formula is C22H33N3O5S. The molecule has 0 radical (unpaired) electrons. The SMILES string of the molecule is COc1ccc(S(=O)(=O)N2CCC[C@H](C(=O)NCC(=O)NC3CCCCCC3)C2)cc1. The van der Waals surface area contributed by atoms with E-state index in [0.717, 1.165) is 25.7 Å². The zero-order valence-corrected chi connectivity index (χ0v) is 19.0. The summed E-state index contributed by atoms with van der Waals surface area (Å²) >= 11 is 0. The van der Waals surface area contributed by atoms with Gasteiger partial charge in [0.05, 0.1) is 24.5 Å². The lowest BCUT2D eigenvalue weighted by molar-refractivity contribution is -0.129. The average molecular weight is 452 g/mol. The minimum absolute atomic E-state index is 0.0724. The first-order valence-electron chi connectivity index (χ1n) is 11.1. The summed E-state index contributed by atoms with van der Waals surface area (Å²) in [6.45, 7) is 0.418. The Morgan fingerprint density at radius 1 is 1.03 bits per heavy atom. The molecule has 8 nitrogen and oxygen atoms in total. The van der Waals surface area contributed by atoms with Gasteiger partial charge in [-0.3, -0.25) is 9.59 Å². The molecule has 31 heavy (non-hydrogen) atoms. The standard InChI is InChI=1S/C22H33N3O5S/c1-30-19-10-12-20(13-11-19)31(28,29)25-14-6-7-17(16-25)22(27)23-15-21(26)24-18-8-4-2-3-5-9-18/h10-13,17-18H,2-9,14-16H2,1H3,(H,23,27)(H,24,26)/t17-/m0/s1. The van der Waals surface area contributed by atoms with Crippen LogP contribution < -0.4 is 15.4 Å². The summed E-state index contributed by atoms with van der Waals surface area (Å²) in [4.78, 5) is 25.0. The molecule has 1 aromatic rings. The number of carbonyl (C=O) groups excluding carboxylic acids is 2. The molecule has 0 bridgehead atoms. The van der Waals surface area contributed by atoms with E-state index in [9.17, 15) is 18.0 Å². The lowest BCUT2D eigenvalue weighted by Crippen LogP contribution is -2.48. The number of sulfonamides is 1. The van der Waals surface area contributed by atoms with Gasteiger partial charge in [0.25, 0.3) is 0 Å². The number of piperidine rings is 1. The molecular weight excluding hydrogens is 418 g/mol. The van der Waals surface area contributed by atoms with E-state index in [1.165, 1.54) is 36.4 Å². The molecule has 1 aliphatic heterocycles. The highest BCUT2D eigenvalue weighted by Gasteiger charge is 2.33. The minimum Gasteiger partial charge on any atom is -0.497 e. The monoisotopic (exact) mass is 451 g/mol. The summed E-state index contributed by atoms with van der Waals surface area (Å²) in [6, 6.07) is 6.42. The molecule has 1 aliphatic carbocycles. The third-order valence-electron chi connectivity index (χ3n) is 6.10. The van der Waals surface area contributed by atoms with Gasteiger partial charge in [-0.15, -0.1) is 0 Å². The molecule has 9 heteroatoms. The number of nitrogens with zero attached hydrogens (tertiary/aromatic N) is 1. The first kappa shape index (κ1) is 23.5. The van der Waals surface area contributed by atoms with Crippen molar-refractivity contribution in [2.75, 3.05) is 26.7 Å². The normalized spacial score (nSPS) is 21.1. The van der Waals surface area contributed by atoms with Crippen LogP contribution in [0.25, 0.3) is 0 Å². The van der Waals surface area contributed by atoms with E-state index in [1.807, 2.05) is 0 Å². The molecule has 1 aromatic carbocycles. The van der Waals surface area contributed by atoms with Gasteiger partial charge in [0, 0.05) is 19.1 Å². The smallest absolute Gasteiger partial charge is 0.243 e. The topological polar surface area (TPSA) is 105 Å². The summed E-state index contributed by atoms with van der Waals surface area (Å²) < 4.78 is 32.4. The van der Waals surface area contributed by atoms with Crippen LogP contribution in [-0.2, 0) is 19.6 Å². The van der Waals surface area contributed by atoms with Gasteiger partial charge in [-0.05, 0) is 49.9 Å². The summed E-state index contributed by atoms with van der Waals surface area (Å²) in [7, 11) is -2.17. The molecule has 2 fully saturated rings. The number of methoxy groups -OCH3 is 1. The molecule has 172 valence electrons. The third kappa shape index (κ3) is 6.43. The Kier molecular flexibility index (Phi) is 8.31. The van der Waals surface area contributed by atoms with Gasteiger partial charge in [-0.1, -0.05) is 25.7 Å². The molecule has 1 heterocycles. The fourth-order valence-electron chi connectivity index (χ4n) is 4.29. The van der Waals surface area contributed by atoms with Crippen LogP contribution in [0.4, 0.5) is 0 Å². The van der Waals surface area contributed by atoms with Crippen LogP contribution in [0.15, 0.2) is 29.2 Å². The third-order valence-corrected chi connectivity index (χ3v) is 7.97. The van der Waals surface area contributed by atoms with Gasteiger partial charge in [-0.25, -0.2) is 8.42 Å². The van der Waals surface area contributed by atoms with Crippen molar-refractivity contribution < 1.29 is 22.7 Å². The van der Waals surface area contributed by atoms with E-state index in [0.29, 0.717) is 25.1 Å². The Bertz CT molecular complexity index is 848. The van der Waals surface area contributed by atoms with Crippen LogP contribution >= 0.6 is 0 Å². The summed E-state index contributed by atoms with van der Waals surface area (Å²) in [6.07, 6.45) is 7.84. The van der Waals surface area contributed by atoms with E-state index >= 15 is 0 Å². The Balaban J connectivity index is 1.51. The fraction of sp³-hybridized carbons (Fsp3) is 0.636. The number of hydrogen-bond acceptors (Lipinski definition) is 5. The first-order chi connectivity index (χ1) is 14.9. The summed E-state index contributed by atoms with van der Waals surface area (Å²) in [5.41, 5.74) is 0. The number of nitrogens with one attached hydrogen (secondary N) is 2. The van der Waals surface area contributed by atoms with Crippen molar-refractivity contribution in [3.05, 3.63) is 24.3 Å². The van der Waals surface area contributed by atoms with Crippen molar-refractivity contribution in [1.82, 2.24) is 14.9 Å². The lowest BCUT2D eigenvalue weighted by Gasteiger charge is -2.31. The van der Waals surface area contributed by atoms with Gasteiger partial charge in [0.1, 0.15) is 5.75 Å². The maximum atomic E-state index is 13.0. The summed E-state index contributed by atoms with van der Waals surface area (Å²) in [5, 5.41) is 5.71. The molecule has 1 atom stereocenters. The Morgan fingerprint density at radius 3 is 2.35 bits per heavy atom. The lowest BCUT2D eigenvalue weighted by atomic mass is 9.99. The highest BCUT2D eigenvalue weighted by Crippen LogP contribution is 2.25. The van der Waals surface area contributed by atoms with Crippen molar-refractivity contribution in [2.24, 2.45) is 5.92 Å². The van der Waals surface area contributed by atoms with E-state index < -0.39 is 15.9 Å². The number of hydrogen-bond donors (Lipinski definition) is 2. The molecule has 0 aromatic heterocycles. The predicted octanol–water partition coefficient (Wildman–Crippen LogP) is 2.05. The average Bonchev–Trinajstić information content (AvgIpc) is 3.06.